The van der Waals surface area contributed by atoms with Crippen LogP contribution in [0.5, 0.6) is 0 Å². The van der Waals surface area contributed by atoms with E-state index in [2.05, 4.69) is 26.0 Å². The topological polar surface area (TPSA) is 0 Å². The molecule has 0 aromatic rings. The molecule has 1 saturated carbocycles. The van der Waals surface area contributed by atoms with Gasteiger partial charge in [-0.05, 0) is 50.4 Å². The van der Waals surface area contributed by atoms with Crippen LogP contribution in [0.2, 0.25) is 0 Å². The monoisotopic (exact) mass is 160 g/mol. The maximum absolute atomic E-state index is 2.55. The standard InChI is InChI=1S/C12H16/c1-7-3-11-9-5-8(2)10(6-9)12(11)4-7/h4-5,9-12H,3,6H2,1-2H3/t9-,10+,11+,12+/m0/s1. The van der Waals surface area contributed by atoms with Crippen molar-refractivity contribution in [1.82, 2.24) is 0 Å². The fourth-order valence-corrected chi connectivity index (χ4v) is 3.65. The van der Waals surface area contributed by atoms with Gasteiger partial charge in [0.05, 0.1) is 0 Å². The Labute approximate surface area is 74.4 Å². The van der Waals surface area contributed by atoms with Crippen molar-refractivity contribution < 1.29 is 0 Å². The predicted octanol–water partition coefficient (Wildman–Crippen LogP) is 3.16. The third-order valence-corrected chi connectivity index (χ3v) is 4.13. The van der Waals surface area contributed by atoms with Crippen molar-refractivity contribution in [2.45, 2.75) is 26.7 Å². The number of hydrogen-bond donors (Lipinski definition) is 0. The molecular formula is C12H16. The molecular weight excluding hydrogens is 144 g/mol. The van der Waals surface area contributed by atoms with Gasteiger partial charge >= 0.3 is 0 Å². The molecule has 12 heavy (non-hydrogen) atoms. The number of allylic oxidation sites excluding steroid dienone is 4. The lowest BCUT2D eigenvalue weighted by atomic mass is 9.82. The first-order valence-corrected chi connectivity index (χ1v) is 5.11. The summed E-state index contributed by atoms with van der Waals surface area (Å²) in [6, 6.07) is 0. The summed E-state index contributed by atoms with van der Waals surface area (Å²) >= 11 is 0. The maximum Gasteiger partial charge on any atom is -0.0128 e. The van der Waals surface area contributed by atoms with E-state index in [9.17, 15) is 0 Å². The van der Waals surface area contributed by atoms with Gasteiger partial charge in [-0.3, -0.25) is 0 Å². The Hall–Kier alpha value is -0.520. The molecule has 1 fully saturated rings. The quantitative estimate of drug-likeness (QED) is 0.477. The van der Waals surface area contributed by atoms with Crippen molar-refractivity contribution in [3.05, 3.63) is 23.3 Å². The van der Waals surface area contributed by atoms with E-state index < -0.39 is 0 Å². The van der Waals surface area contributed by atoms with Crippen molar-refractivity contribution in [3.63, 3.8) is 0 Å². The predicted molar refractivity (Wildman–Crippen MR) is 50.7 cm³/mol. The van der Waals surface area contributed by atoms with Gasteiger partial charge in [-0.1, -0.05) is 23.3 Å². The fourth-order valence-electron chi connectivity index (χ4n) is 3.65. The Bertz CT molecular complexity index is 282. The van der Waals surface area contributed by atoms with Gasteiger partial charge in [0.15, 0.2) is 0 Å². The minimum Gasteiger partial charge on any atom is -0.0819 e. The molecule has 0 heterocycles. The third kappa shape index (κ3) is 0.688. The highest BCUT2D eigenvalue weighted by molar-refractivity contribution is 5.29. The highest BCUT2D eigenvalue weighted by Gasteiger charge is 2.47. The molecule has 4 atom stereocenters. The fraction of sp³-hybridized carbons (Fsp3) is 0.667. The van der Waals surface area contributed by atoms with Crippen LogP contribution in [0, 0.1) is 23.7 Å². The van der Waals surface area contributed by atoms with Crippen molar-refractivity contribution in [2.24, 2.45) is 23.7 Å². The van der Waals surface area contributed by atoms with Crippen molar-refractivity contribution >= 4 is 0 Å². The van der Waals surface area contributed by atoms with Gasteiger partial charge in [0.2, 0.25) is 0 Å². The Balaban J connectivity index is 2.00. The zero-order valence-electron chi connectivity index (χ0n) is 7.88. The van der Waals surface area contributed by atoms with E-state index in [4.69, 9.17) is 0 Å². The third-order valence-electron chi connectivity index (χ3n) is 4.13. The molecule has 3 aliphatic carbocycles. The molecule has 0 saturated heterocycles. The second kappa shape index (κ2) is 2.04. The molecule has 0 unspecified atom stereocenters. The Morgan fingerprint density at radius 3 is 2.92 bits per heavy atom. The first-order valence-electron chi connectivity index (χ1n) is 5.11. The van der Waals surface area contributed by atoms with E-state index in [1.165, 1.54) is 12.8 Å². The van der Waals surface area contributed by atoms with Gasteiger partial charge in [-0.2, -0.15) is 0 Å². The van der Waals surface area contributed by atoms with Crippen molar-refractivity contribution in [1.29, 1.82) is 0 Å². The van der Waals surface area contributed by atoms with Gasteiger partial charge in [0.1, 0.15) is 0 Å². The maximum atomic E-state index is 2.55. The summed E-state index contributed by atoms with van der Waals surface area (Å²) in [6.45, 7) is 4.62. The Morgan fingerprint density at radius 1 is 1.25 bits per heavy atom. The molecule has 0 aromatic heterocycles. The zero-order valence-corrected chi connectivity index (χ0v) is 7.88. The van der Waals surface area contributed by atoms with Gasteiger partial charge in [0.25, 0.3) is 0 Å². The summed E-state index contributed by atoms with van der Waals surface area (Å²) in [5.41, 5.74) is 3.31. The molecule has 0 aromatic carbocycles. The first-order chi connectivity index (χ1) is 5.75. The summed E-state index contributed by atoms with van der Waals surface area (Å²) in [7, 11) is 0. The minimum absolute atomic E-state index is 0.928. The molecule has 0 radical (unpaired) electrons. The SMILES string of the molecule is CC1=C[C@H]2[C@H](C1)[C@H]1C=C(C)[C@H]2C1. The average molecular weight is 160 g/mol. The zero-order chi connectivity index (χ0) is 8.29. The molecule has 0 heteroatoms. The van der Waals surface area contributed by atoms with Crippen LogP contribution in [0.25, 0.3) is 0 Å². The van der Waals surface area contributed by atoms with Crippen LogP contribution in [0.3, 0.4) is 0 Å². The molecule has 0 amide bonds. The van der Waals surface area contributed by atoms with E-state index in [1.807, 2.05) is 0 Å². The number of hydrogen-bond acceptors (Lipinski definition) is 0. The second-order valence-corrected chi connectivity index (χ2v) is 4.88. The number of rotatable bonds is 0. The minimum atomic E-state index is 0.928. The number of fused-ring (bicyclic) bond motifs is 5. The summed E-state index contributed by atoms with van der Waals surface area (Å²) in [5, 5.41) is 0. The van der Waals surface area contributed by atoms with E-state index in [-0.39, 0.29) is 0 Å². The lowest BCUT2D eigenvalue weighted by Crippen LogP contribution is -2.15. The van der Waals surface area contributed by atoms with Crippen LogP contribution in [0.1, 0.15) is 26.7 Å². The molecule has 0 spiro atoms. The Morgan fingerprint density at radius 2 is 2.08 bits per heavy atom. The smallest absolute Gasteiger partial charge is 0.0128 e. The summed E-state index contributed by atoms with van der Waals surface area (Å²) < 4.78 is 0. The highest BCUT2D eigenvalue weighted by atomic mass is 14.5. The van der Waals surface area contributed by atoms with Crippen molar-refractivity contribution in [2.75, 3.05) is 0 Å². The van der Waals surface area contributed by atoms with Crippen LogP contribution >= 0.6 is 0 Å². The largest absolute Gasteiger partial charge is 0.0819 e. The molecule has 64 valence electrons. The van der Waals surface area contributed by atoms with Crippen LogP contribution in [-0.2, 0) is 0 Å². The summed E-state index contributed by atoms with van der Waals surface area (Å²) in [5.74, 6) is 3.80. The van der Waals surface area contributed by atoms with E-state index in [0.717, 1.165) is 23.7 Å². The second-order valence-electron chi connectivity index (χ2n) is 4.88. The molecule has 2 bridgehead atoms. The van der Waals surface area contributed by atoms with E-state index >= 15 is 0 Å². The lowest BCUT2D eigenvalue weighted by Gasteiger charge is -2.22. The molecule has 0 N–H and O–H groups in total. The molecule has 0 nitrogen and oxygen atoms in total. The molecule has 0 aliphatic heterocycles. The first kappa shape index (κ1) is 6.94. The highest BCUT2D eigenvalue weighted by Crippen LogP contribution is 2.56. The lowest BCUT2D eigenvalue weighted by molar-refractivity contribution is 0.386. The van der Waals surface area contributed by atoms with Gasteiger partial charge in [-0.15, -0.1) is 0 Å². The average Bonchev–Trinajstić information content (AvgIpc) is 2.57. The van der Waals surface area contributed by atoms with E-state index in [1.54, 1.807) is 11.1 Å². The van der Waals surface area contributed by atoms with Crippen LogP contribution < -0.4 is 0 Å². The molecule has 3 aliphatic rings. The van der Waals surface area contributed by atoms with Crippen LogP contribution in [0.15, 0.2) is 23.3 Å². The van der Waals surface area contributed by atoms with Crippen molar-refractivity contribution in [3.8, 4) is 0 Å². The molecule has 3 rings (SSSR count). The normalized spacial score (nSPS) is 49.2. The van der Waals surface area contributed by atoms with Gasteiger partial charge in [-0.25, -0.2) is 0 Å². The summed E-state index contributed by atoms with van der Waals surface area (Å²) in [6.07, 6.45) is 7.94. The van der Waals surface area contributed by atoms with Crippen LogP contribution in [0.4, 0.5) is 0 Å². The summed E-state index contributed by atoms with van der Waals surface area (Å²) in [4.78, 5) is 0. The van der Waals surface area contributed by atoms with Gasteiger partial charge in [0, 0.05) is 0 Å². The van der Waals surface area contributed by atoms with Crippen LogP contribution in [-0.4, -0.2) is 0 Å². The van der Waals surface area contributed by atoms with Gasteiger partial charge < -0.3 is 0 Å². The van der Waals surface area contributed by atoms with E-state index in [0.29, 0.717) is 0 Å². The Kier molecular flexibility index (Phi) is 1.18.